The number of rotatable bonds is 9. The Kier molecular flexibility index (Phi) is 10.4. The fourth-order valence-electron chi connectivity index (χ4n) is 5.03. The van der Waals surface area contributed by atoms with Crippen LogP contribution in [0.25, 0.3) is 0 Å². The smallest absolute Gasteiger partial charge is 0.408 e. The lowest BCUT2D eigenvalue weighted by Crippen LogP contribution is -2.53. The zero-order valence-electron chi connectivity index (χ0n) is 25.9. The average Bonchev–Trinajstić information content (AvgIpc) is 2.88. The van der Waals surface area contributed by atoms with E-state index in [0.717, 1.165) is 27.8 Å². The number of anilines is 1. The molecule has 0 saturated carbocycles. The van der Waals surface area contributed by atoms with Gasteiger partial charge in [0.2, 0.25) is 5.91 Å². The molecule has 3 aromatic carbocycles. The Balaban J connectivity index is 2.07. The number of ether oxygens (including phenoxy) is 1. The first kappa shape index (κ1) is 32.2. The molecule has 0 aromatic heterocycles. The molecule has 3 amide bonds. The monoisotopic (exact) mass is 573 g/mol. The van der Waals surface area contributed by atoms with Crippen molar-refractivity contribution >= 4 is 23.6 Å². The van der Waals surface area contributed by atoms with E-state index in [1.54, 1.807) is 32.9 Å². The van der Waals surface area contributed by atoms with Gasteiger partial charge in [0, 0.05) is 18.7 Å². The van der Waals surface area contributed by atoms with Crippen LogP contribution in [0.5, 0.6) is 5.75 Å². The summed E-state index contributed by atoms with van der Waals surface area (Å²) in [5.41, 5.74) is 5.08. The van der Waals surface area contributed by atoms with Crippen molar-refractivity contribution in [1.29, 1.82) is 0 Å². The number of carbonyl (C=O) groups is 3. The van der Waals surface area contributed by atoms with Gasteiger partial charge in [-0.2, -0.15) is 0 Å². The molecule has 0 saturated heterocycles. The molecule has 2 atom stereocenters. The molecule has 0 spiro atoms. The summed E-state index contributed by atoms with van der Waals surface area (Å²) >= 11 is 0. The standard InChI is InChI=1S/C34H43N3O5/c1-9-37(32(40)28(35-33(41)42-34(6,7)8)20-25-13-15-27(38)16-14-25)30(26-18-21(2)17-22(3)19-26)31(39)36-29-23(4)11-10-12-24(29)5/h10-19,28,30,38H,9,20H2,1-8H3,(H,35,41)(H,36,39). The lowest BCUT2D eigenvalue weighted by Gasteiger charge is -2.34. The first-order valence-corrected chi connectivity index (χ1v) is 14.2. The van der Waals surface area contributed by atoms with Crippen LogP contribution in [0.4, 0.5) is 10.5 Å². The molecule has 8 heteroatoms. The fourth-order valence-corrected chi connectivity index (χ4v) is 5.03. The van der Waals surface area contributed by atoms with Gasteiger partial charge in [-0.25, -0.2) is 4.79 Å². The van der Waals surface area contributed by atoms with Crippen LogP contribution in [0.3, 0.4) is 0 Å². The van der Waals surface area contributed by atoms with Crippen LogP contribution in [0.1, 0.15) is 67.1 Å². The first-order valence-electron chi connectivity index (χ1n) is 14.2. The topological polar surface area (TPSA) is 108 Å². The summed E-state index contributed by atoms with van der Waals surface area (Å²) < 4.78 is 5.48. The second-order valence-corrected chi connectivity index (χ2v) is 11.8. The molecular formula is C34H43N3O5. The van der Waals surface area contributed by atoms with Crippen molar-refractivity contribution in [2.75, 3.05) is 11.9 Å². The highest BCUT2D eigenvalue weighted by atomic mass is 16.6. The van der Waals surface area contributed by atoms with Crippen molar-refractivity contribution in [2.24, 2.45) is 0 Å². The van der Waals surface area contributed by atoms with Crippen LogP contribution in [0.2, 0.25) is 0 Å². The Morgan fingerprint density at radius 1 is 0.905 bits per heavy atom. The van der Waals surface area contributed by atoms with Crippen LogP contribution in [-0.2, 0) is 20.7 Å². The molecule has 224 valence electrons. The largest absolute Gasteiger partial charge is 0.508 e. The van der Waals surface area contributed by atoms with E-state index >= 15 is 0 Å². The average molecular weight is 574 g/mol. The van der Waals surface area contributed by atoms with E-state index in [1.807, 2.05) is 71.0 Å². The summed E-state index contributed by atoms with van der Waals surface area (Å²) in [5, 5.41) is 15.6. The molecule has 0 radical (unpaired) electrons. The minimum atomic E-state index is -1.04. The van der Waals surface area contributed by atoms with Gasteiger partial charge < -0.3 is 25.4 Å². The Bertz CT molecular complexity index is 1390. The maximum atomic E-state index is 14.3. The Morgan fingerprint density at radius 3 is 2.00 bits per heavy atom. The number of phenolic OH excluding ortho intramolecular Hbond substituents is 1. The van der Waals surface area contributed by atoms with E-state index in [2.05, 4.69) is 10.6 Å². The number of nitrogens with one attached hydrogen (secondary N) is 2. The minimum absolute atomic E-state index is 0.0926. The number of aryl methyl sites for hydroxylation is 4. The lowest BCUT2D eigenvalue weighted by atomic mass is 9.97. The van der Waals surface area contributed by atoms with Crippen LogP contribution in [0.15, 0.2) is 60.7 Å². The summed E-state index contributed by atoms with van der Waals surface area (Å²) in [6, 6.07) is 16.0. The van der Waals surface area contributed by atoms with E-state index in [1.165, 1.54) is 17.0 Å². The number of alkyl carbamates (subject to hydrolysis) is 1. The molecule has 0 heterocycles. The third-order valence-corrected chi connectivity index (χ3v) is 6.84. The molecule has 3 aromatic rings. The van der Waals surface area contributed by atoms with E-state index in [0.29, 0.717) is 11.3 Å². The SMILES string of the molecule is CCN(C(=O)C(Cc1ccc(O)cc1)NC(=O)OC(C)(C)C)C(C(=O)Nc1c(C)cccc1C)c1cc(C)cc(C)c1. The van der Waals surface area contributed by atoms with E-state index in [-0.39, 0.29) is 24.6 Å². The van der Waals surface area contributed by atoms with Gasteiger partial charge >= 0.3 is 6.09 Å². The number of benzene rings is 3. The summed E-state index contributed by atoms with van der Waals surface area (Å²) in [6.07, 6.45) is -0.606. The van der Waals surface area contributed by atoms with Gasteiger partial charge in [0.25, 0.3) is 5.91 Å². The molecule has 8 nitrogen and oxygen atoms in total. The zero-order valence-corrected chi connectivity index (χ0v) is 25.9. The van der Waals surface area contributed by atoms with Gasteiger partial charge in [0.05, 0.1) is 0 Å². The van der Waals surface area contributed by atoms with E-state index < -0.39 is 29.7 Å². The lowest BCUT2D eigenvalue weighted by molar-refractivity contribution is -0.140. The molecular weight excluding hydrogens is 530 g/mol. The van der Waals surface area contributed by atoms with Crippen molar-refractivity contribution in [2.45, 2.75) is 79.5 Å². The molecule has 3 rings (SSSR count). The highest BCUT2D eigenvalue weighted by molar-refractivity contribution is 6.00. The minimum Gasteiger partial charge on any atom is -0.508 e. The Morgan fingerprint density at radius 2 is 1.48 bits per heavy atom. The molecule has 42 heavy (non-hydrogen) atoms. The van der Waals surface area contributed by atoms with Gasteiger partial charge in [-0.15, -0.1) is 0 Å². The third kappa shape index (κ3) is 8.59. The van der Waals surface area contributed by atoms with Crippen molar-refractivity contribution in [1.82, 2.24) is 10.2 Å². The second kappa shape index (κ2) is 13.6. The predicted octanol–water partition coefficient (Wildman–Crippen LogP) is 6.29. The van der Waals surface area contributed by atoms with Gasteiger partial charge in [-0.1, -0.05) is 59.7 Å². The number of phenols is 1. The Hall–Kier alpha value is -4.33. The zero-order chi connectivity index (χ0) is 31.2. The highest BCUT2D eigenvalue weighted by Gasteiger charge is 2.36. The van der Waals surface area contributed by atoms with Crippen molar-refractivity contribution in [3.05, 3.63) is 94.0 Å². The highest BCUT2D eigenvalue weighted by Crippen LogP contribution is 2.28. The van der Waals surface area contributed by atoms with Crippen molar-refractivity contribution < 1.29 is 24.2 Å². The number of likely N-dealkylation sites (N-methyl/N-ethyl adjacent to an activating group) is 1. The number of hydrogen-bond acceptors (Lipinski definition) is 5. The van der Waals surface area contributed by atoms with E-state index in [9.17, 15) is 19.5 Å². The molecule has 0 aliphatic heterocycles. The van der Waals surface area contributed by atoms with Gasteiger partial charge in [-0.05, 0) is 89.8 Å². The Labute approximate surface area is 249 Å². The summed E-state index contributed by atoms with van der Waals surface area (Å²) in [4.78, 5) is 42.9. The number of para-hydroxylation sites is 1. The number of hydrogen-bond donors (Lipinski definition) is 3. The van der Waals surface area contributed by atoms with Crippen molar-refractivity contribution in [3.63, 3.8) is 0 Å². The van der Waals surface area contributed by atoms with Gasteiger partial charge in [0.15, 0.2) is 0 Å². The van der Waals surface area contributed by atoms with Crippen LogP contribution < -0.4 is 10.6 Å². The molecule has 3 N–H and O–H groups in total. The van der Waals surface area contributed by atoms with E-state index in [4.69, 9.17) is 4.74 Å². The number of aromatic hydroxyl groups is 1. The number of nitrogens with zero attached hydrogens (tertiary/aromatic N) is 1. The first-order chi connectivity index (χ1) is 19.7. The maximum Gasteiger partial charge on any atom is 0.408 e. The number of amides is 3. The fraction of sp³-hybridized carbons (Fsp3) is 0.382. The normalized spacial score (nSPS) is 12.7. The van der Waals surface area contributed by atoms with Crippen molar-refractivity contribution in [3.8, 4) is 5.75 Å². The maximum absolute atomic E-state index is 14.3. The summed E-state index contributed by atoms with van der Waals surface area (Å²) in [7, 11) is 0. The quantitative estimate of drug-likeness (QED) is 0.279. The van der Waals surface area contributed by atoms with Gasteiger partial charge in [-0.3, -0.25) is 9.59 Å². The second-order valence-electron chi connectivity index (χ2n) is 11.8. The summed E-state index contributed by atoms with van der Waals surface area (Å²) in [5.74, 6) is -0.694. The predicted molar refractivity (Wildman–Crippen MR) is 166 cm³/mol. The molecule has 2 unspecified atom stereocenters. The molecule has 0 fully saturated rings. The van der Waals surface area contributed by atoms with Crippen LogP contribution >= 0.6 is 0 Å². The van der Waals surface area contributed by atoms with Crippen LogP contribution in [-0.4, -0.2) is 46.1 Å². The molecule has 0 bridgehead atoms. The molecule has 0 aliphatic carbocycles. The number of carbonyl (C=O) groups excluding carboxylic acids is 3. The molecule has 0 aliphatic rings. The summed E-state index contributed by atoms with van der Waals surface area (Å²) in [6.45, 7) is 15.0. The van der Waals surface area contributed by atoms with Crippen LogP contribution in [0, 0.1) is 27.7 Å². The van der Waals surface area contributed by atoms with Gasteiger partial charge in [0.1, 0.15) is 23.4 Å². The third-order valence-electron chi connectivity index (χ3n) is 6.84.